The van der Waals surface area contributed by atoms with E-state index < -0.39 is 0 Å². The Morgan fingerprint density at radius 3 is 2.76 bits per heavy atom. The van der Waals surface area contributed by atoms with Gasteiger partial charge < -0.3 is 5.32 Å². The van der Waals surface area contributed by atoms with Gasteiger partial charge in [-0.15, -0.1) is 0 Å². The zero-order valence-corrected chi connectivity index (χ0v) is 9.86. The van der Waals surface area contributed by atoms with Crippen LogP contribution in [0.1, 0.15) is 18.9 Å². The summed E-state index contributed by atoms with van der Waals surface area (Å²) in [5, 5.41) is 7.48. The molecule has 0 aliphatic rings. The molecule has 0 bridgehead atoms. The number of nitrogens with one attached hydrogen (secondary N) is 1. The molecule has 1 aromatic carbocycles. The Kier molecular flexibility index (Phi) is 3.75. The van der Waals surface area contributed by atoms with Crippen LogP contribution in [0, 0.1) is 5.82 Å². The molecule has 0 saturated carbocycles. The first kappa shape index (κ1) is 11.6. The summed E-state index contributed by atoms with van der Waals surface area (Å²) in [5.41, 5.74) is 2.04. The molecule has 0 atom stereocenters. The van der Waals surface area contributed by atoms with Crippen molar-refractivity contribution in [1.29, 1.82) is 0 Å². The van der Waals surface area contributed by atoms with Crippen LogP contribution >= 0.6 is 0 Å². The highest BCUT2D eigenvalue weighted by molar-refractivity contribution is 5.39. The van der Waals surface area contributed by atoms with Crippen LogP contribution in [-0.2, 0) is 13.1 Å². The predicted molar refractivity (Wildman–Crippen MR) is 66.2 cm³/mol. The van der Waals surface area contributed by atoms with Gasteiger partial charge in [0.25, 0.3) is 0 Å². The van der Waals surface area contributed by atoms with E-state index in [0.717, 1.165) is 24.2 Å². The minimum atomic E-state index is -0.204. The topological polar surface area (TPSA) is 29.9 Å². The molecule has 0 spiro atoms. The van der Waals surface area contributed by atoms with Gasteiger partial charge >= 0.3 is 0 Å². The first-order valence-corrected chi connectivity index (χ1v) is 5.78. The number of benzene rings is 1. The maximum absolute atomic E-state index is 12.7. The molecule has 0 amide bonds. The molecule has 4 heteroatoms. The van der Waals surface area contributed by atoms with Gasteiger partial charge in [-0.1, -0.05) is 19.1 Å². The average Bonchev–Trinajstić information content (AvgIpc) is 2.77. The smallest absolute Gasteiger partial charge is 0.123 e. The maximum atomic E-state index is 12.7. The van der Waals surface area contributed by atoms with E-state index in [4.69, 9.17) is 0 Å². The van der Waals surface area contributed by atoms with Gasteiger partial charge in [-0.2, -0.15) is 5.10 Å². The van der Waals surface area contributed by atoms with E-state index >= 15 is 0 Å². The van der Waals surface area contributed by atoms with E-state index in [1.54, 1.807) is 18.3 Å². The van der Waals surface area contributed by atoms with Crippen molar-refractivity contribution in [1.82, 2.24) is 9.78 Å². The molecule has 90 valence electrons. The number of rotatable bonds is 5. The third-order valence-corrected chi connectivity index (χ3v) is 2.50. The van der Waals surface area contributed by atoms with Gasteiger partial charge in [-0.3, -0.25) is 4.68 Å². The van der Waals surface area contributed by atoms with Crippen molar-refractivity contribution in [3.63, 3.8) is 0 Å². The minimum Gasteiger partial charge on any atom is -0.378 e. The molecule has 0 fully saturated rings. The number of hydrogen-bond acceptors (Lipinski definition) is 2. The summed E-state index contributed by atoms with van der Waals surface area (Å²) in [4.78, 5) is 0. The molecule has 1 aromatic heterocycles. The Balaban J connectivity index is 1.90. The molecule has 0 unspecified atom stereocenters. The molecule has 3 nitrogen and oxygen atoms in total. The van der Waals surface area contributed by atoms with Gasteiger partial charge in [-0.05, 0) is 24.1 Å². The molecule has 0 saturated heterocycles. The summed E-state index contributed by atoms with van der Waals surface area (Å²) < 4.78 is 14.6. The molecule has 0 radical (unpaired) electrons. The van der Waals surface area contributed by atoms with Crippen LogP contribution in [0.5, 0.6) is 0 Å². The highest BCUT2D eigenvalue weighted by Crippen LogP contribution is 2.09. The number of anilines is 1. The molecule has 2 aromatic rings. The Hall–Kier alpha value is -1.84. The van der Waals surface area contributed by atoms with Crippen molar-refractivity contribution in [3.8, 4) is 0 Å². The molecule has 0 aliphatic heterocycles. The highest BCUT2D eigenvalue weighted by Gasteiger charge is 1.98. The fraction of sp³-hybridized carbons (Fsp3) is 0.308. The minimum absolute atomic E-state index is 0.204. The number of halogens is 1. The van der Waals surface area contributed by atoms with Crippen molar-refractivity contribution < 1.29 is 4.39 Å². The predicted octanol–water partition coefficient (Wildman–Crippen LogP) is 3.04. The standard InChI is InChI=1S/C13H16FN3/c1-2-7-17-10-13(9-16-17)15-8-11-3-5-12(14)6-4-11/h3-6,9-10,15H,2,7-8H2,1H3. The summed E-state index contributed by atoms with van der Waals surface area (Å²) in [5.74, 6) is -0.204. The lowest BCUT2D eigenvalue weighted by atomic mass is 10.2. The lowest BCUT2D eigenvalue weighted by Gasteiger charge is -2.03. The van der Waals surface area contributed by atoms with Crippen LogP contribution in [0.4, 0.5) is 10.1 Å². The second-order valence-corrected chi connectivity index (χ2v) is 3.97. The summed E-state index contributed by atoms with van der Waals surface area (Å²) in [6.45, 7) is 3.73. The zero-order valence-electron chi connectivity index (χ0n) is 9.86. The SMILES string of the molecule is CCCn1cc(NCc2ccc(F)cc2)cn1. The van der Waals surface area contributed by atoms with Crippen molar-refractivity contribution >= 4 is 5.69 Å². The molecule has 1 heterocycles. The normalized spacial score (nSPS) is 10.5. The van der Waals surface area contributed by atoms with E-state index in [-0.39, 0.29) is 5.82 Å². The highest BCUT2D eigenvalue weighted by atomic mass is 19.1. The van der Waals surface area contributed by atoms with Gasteiger partial charge in [0.2, 0.25) is 0 Å². The first-order valence-electron chi connectivity index (χ1n) is 5.78. The van der Waals surface area contributed by atoms with Crippen molar-refractivity contribution in [2.45, 2.75) is 26.4 Å². The van der Waals surface area contributed by atoms with Crippen LogP contribution in [0.2, 0.25) is 0 Å². The molecular formula is C13H16FN3. The molecular weight excluding hydrogens is 217 g/mol. The summed E-state index contributed by atoms with van der Waals surface area (Å²) in [6.07, 6.45) is 4.85. The van der Waals surface area contributed by atoms with E-state index in [9.17, 15) is 4.39 Å². The Morgan fingerprint density at radius 2 is 2.06 bits per heavy atom. The lowest BCUT2D eigenvalue weighted by Crippen LogP contribution is -1.99. The summed E-state index contributed by atoms with van der Waals surface area (Å²) >= 11 is 0. The average molecular weight is 233 g/mol. The van der Waals surface area contributed by atoms with Crippen LogP contribution < -0.4 is 5.32 Å². The molecule has 1 N–H and O–H groups in total. The summed E-state index contributed by atoms with van der Waals surface area (Å²) in [7, 11) is 0. The number of hydrogen-bond donors (Lipinski definition) is 1. The lowest BCUT2D eigenvalue weighted by molar-refractivity contribution is 0.603. The first-order chi connectivity index (χ1) is 8.28. The number of aromatic nitrogens is 2. The second-order valence-electron chi connectivity index (χ2n) is 3.97. The molecule has 2 rings (SSSR count). The Labute approximate surface area is 100 Å². The molecule has 17 heavy (non-hydrogen) atoms. The van der Waals surface area contributed by atoms with Crippen LogP contribution in [-0.4, -0.2) is 9.78 Å². The third kappa shape index (κ3) is 3.31. The van der Waals surface area contributed by atoms with E-state index in [2.05, 4.69) is 17.3 Å². The number of nitrogens with zero attached hydrogens (tertiary/aromatic N) is 2. The van der Waals surface area contributed by atoms with Gasteiger partial charge in [0.05, 0.1) is 11.9 Å². The molecule has 0 aliphatic carbocycles. The van der Waals surface area contributed by atoms with Crippen LogP contribution in [0.3, 0.4) is 0 Å². The summed E-state index contributed by atoms with van der Waals surface area (Å²) in [6, 6.07) is 6.49. The van der Waals surface area contributed by atoms with Crippen molar-refractivity contribution in [2.24, 2.45) is 0 Å². The largest absolute Gasteiger partial charge is 0.378 e. The van der Waals surface area contributed by atoms with Gasteiger partial charge in [0, 0.05) is 19.3 Å². The Bertz CT molecular complexity index is 462. The van der Waals surface area contributed by atoms with Crippen LogP contribution in [0.15, 0.2) is 36.7 Å². The monoisotopic (exact) mass is 233 g/mol. The van der Waals surface area contributed by atoms with E-state index in [1.807, 2.05) is 10.9 Å². The van der Waals surface area contributed by atoms with E-state index in [1.165, 1.54) is 12.1 Å². The fourth-order valence-electron chi connectivity index (χ4n) is 1.61. The van der Waals surface area contributed by atoms with Crippen molar-refractivity contribution in [2.75, 3.05) is 5.32 Å². The Morgan fingerprint density at radius 1 is 1.29 bits per heavy atom. The van der Waals surface area contributed by atoms with E-state index in [0.29, 0.717) is 6.54 Å². The van der Waals surface area contributed by atoms with Crippen molar-refractivity contribution in [3.05, 3.63) is 48.0 Å². The maximum Gasteiger partial charge on any atom is 0.123 e. The number of aryl methyl sites for hydroxylation is 1. The van der Waals surface area contributed by atoms with Crippen LogP contribution in [0.25, 0.3) is 0 Å². The van der Waals surface area contributed by atoms with Gasteiger partial charge in [0.15, 0.2) is 0 Å². The van der Waals surface area contributed by atoms with Gasteiger partial charge in [0.1, 0.15) is 5.82 Å². The van der Waals surface area contributed by atoms with Gasteiger partial charge in [-0.25, -0.2) is 4.39 Å². The third-order valence-electron chi connectivity index (χ3n) is 2.50. The second kappa shape index (κ2) is 5.48. The fourth-order valence-corrected chi connectivity index (χ4v) is 1.61. The quantitative estimate of drug-likeness (QED) is 0.860. The zero-order chi connectivity index (χ0) is 12.1.